The van der Waals surface area contributed by atoms with Crippen molar-refractivity contribution in [3.63, 3.8) is 0 Å². The third kappa shape index (κ3) is 3.23. The van der Waals surface area contributed by atoms with E-state index in [4.69, 9.17) is 11.2 Å². The van der Waals surface area contributed by atoms with Crippen molar-refractivity contribution in [3.05, 3.63) is 34.8 Å². The molecule has 4 nitrogen and oxygen atoms in total. The van der Waals surface area contributed by atoms with E-state index in [1.807, 2.05) is 6.07 Å². The average Bonchev–Trinajstić information content (AvgIpc) is 2.51. The Bertz CT molecular complexity index is 482. The van der Waals surface area contributed by atoms with Crippen LogP contribution in [0.2, 0.25) is 0 Å². The smallest absolute Gasteiger partial charge is 0.219 e. The number of nitriles is 1. The predicted octanol–water partition coefficient (Wildman–Crippen LogP) is 3.15. The van der Waals surface area contributed by atoms with Crippen molar-refractivity contribution in [1.29, 1.82) is 5.26 Å². The van der Waals surface area contributed by atoms with Gasteiger partial charge in [-0.1, -0.05) is 13.0 Å². The van der Waals surface area contributed by atoms with Crippen molar-refractivity contribution in [2.45, 2.75) is 45.4 Å². The third-order valence-electron chi connectivity index (χ3n) is 4.07. The summed E-state index contributed by atoms with van der Waals surface area (Å²) in [6.07, 6.45) is 10.6. The van der Waals surface area contributed by atoms with Gasteiger partial charge in [0.05, 0.1) is 0 Å². The molecule has 0 unspecified atom stereocenters. The molecule has 2 aliphatic heterocycles. The number of nitrogens with two attached hydrogens (primary N) is 1. The van der Waals surface area contributed by atoms with Gasteiger partial charge in [0.25, 0.3) is 0 Å². The number of rotatable bonds is 4. The van der Waals surface area contributed by atoms with Crippen LogP contribution < -0.4 is 5.90 Å². The van der Waals surface area contributed by atoms with Crippen molar-refractivity contribution in [3.8, 4) is 6.07 Å². The van der Waals surface area contributed by atoms with Crippen molar-refractivity contribution in [1.82, 2.24) is 4.90 Å². The van der Waals surface area contributed by atoms with Crippen LogP contribution in [-0.4, -0.2) is 18.0 Å². The summed E-state index contributed by atoms with van der Waals surface area (Å²) in [7, 11) is 0. The highest BCUT2D eigenvalue weighted by Crippen LogP contribution is 2.35. The van der Waals surface area contributed by atoms with Crippen LogP contribution in [0.25, 0.3) is 0 Å². The van der Waals surface area contributed by atoms with Gasteiger partial charge >= 0.3 is 0 Å². The monoisotopic (exact) mass is 273 g/mol. The van der Waals surface area contributed by atoms with Crippen molar-refractivity contribution >= 4 is 0 Å². The van der Waals surface area contributed by atoms with E-state index in [-0.39, 0.29) is 5.76 Å². The lowest BCUT2D eigenvalue weighted by atomic mass is 9.89. The van der Waals surface area contributed by atoms with Gasteiger partial charge in [-0.3, -0.25) is 0 Å². The fourth-order valence-corrected chi connectivity index (χ4v) is 3.14. The maximum Gasteiger partial charge on any atom is 0.219 e. The molecule has 4 heteroatoms. The zero-order valence-corrected chi connectivity index (χ0v) is 12.2. The SMILES string of the molecule is CCC1=C2/C(=C\C/C=C(\C#N)ON)CCCN2CCC1. The first-order chi connectivity index (χ1) is 9.80. The number of piperidine rings is 1. The molecule has 108 valence electrons. The fraction of sp³-hybridized carbons (Fsp3) is 0.562. The van der Waals surface area contributed by atoms with Crippen LogP contribution >= 0.6 is 0 Å². The highest BCUT2D eigenvalue weighted by molar-refractivity contribution is 5.38. The Morgan fingerprint density at radius 2 is 2.15 bits per heavy atom. The van der Waals surface area contributed by atoms with Crippen LogP contribution in [0.5, 0.6) is 0 Å². The molecule has 0 spiro atoms. The maximum atomic E-state index is 8.77. The zero-order chi connectivity index (χ0) is 14.4. The Morgan fingerprint density at radius 1 is 1.40 bits per heavy atom. The highest BCUT2D eigenvalue weighted by Gasteiger charge is 2.24. The van der Waals surface area contributed by atoms with Gasteiger partial charge in [-0.15, -0.1) is 0 Å². The van der Waals surface area contributed by atoms with E-state index in [1.54, 1.807) is 11.6 Å². The summed E-state index contributed by atoms with van der Waals surface area (Å²) in [6.45, 7) is 4.61. The fourth-order valence-electron chi connectivity index (χ4n) is 3.14. The molecule has 0 aromatic heterocycles. The molecule has 2 aliphatic rings. The molecule has 0 bridgehead atoms. The third-order valence-corrected chi connectivity index (χ3v) is 4.07. The molecule has 1 fully saturated rings. The molecule has 0 aromatic carbocycles. The lowest BCUT2D eigenvalue weighted by molar-refractivity contribution is 0.236. The van der Waals surface area contributed by atoms with Gasteiger partial charge in [-0.05, 0) is 55.7 Å². The molecule has 2 rings (SSSR count). The lowest BCUT2D eigenvalue weighted by Gasteiger charge is -2.39. The molecular weight excluding hydrogens is 250 g/mol. The van der Waals surface area contributed by atoms with Crippen molar-refractivity contribution in [2.24, 2.45) is 5.90 Å². The van der Waals surface area contributed by atoms with Crippen LogP contribution in [0.15, 0.2) is 34.8 Å². The van der Waals surface area contributed by atoms with Gasteiger partial charge in [-0.2, -0.15) is 11.2 Å². The van der Waals surface area contributed by atoms with Crippen molar-refractivity contribution < 1.29 is 4.84 Å². The Hall–Kier alpha value is -1.73. The standard InChI is InChI=1S/C16H23N3O/c1-2-13-7-4-10-19-11-5-8-14(16(13)19)6-3-9-15(12-17)20-18/h6,9H,2-5,7-8,10-11,18H2,1H3/b14-6-,15-9+. The second kappa shape index (κ2) is 7.16. The molecule has 2 N–H and O–H groups in total. The molecule has 0 aliphatic carbocycles. The van der Waals surface area contributed by atoms with E-state index in [2.05, 4.69) is 22.7 Å². The second-order valence-electron chi connectivity index (χ2n) is 5.26. The van der Waals surface area contributed by atoms with Gasteiger partial charge in [0, 0.05) is 18.8 Å². The Labute approximate surface area is 121 Å². The minimum Gasteiger partial charge on any atom is -0.401 e. The zero-order valence-electron chi connectivity index (χ0n) is 12.2. The normalized spacial score (nSPS) is 21.8. The van der Waals surface area contributed by atoms with Gasteiger partial charge in [0.2, 0.25) is 5.76 Å². The topological polar surface area (TPSA) is 62.3 Å². The molecule has 2 heterocycles. The first kappa shape index (κ1) is 14.7. The summed E-state index contributed by atoms with van der Waals surface area (Å²) >= 11 is 0. The number of allylic oxidation sites excluding steroid dienone is 5. The van der Waals surface area contributed by atoms with Gasteiger partial charge in [0.1, 0.15) is 6.07 Å². The quantitative estimate of drug-likeness (QED) is 0.485. The van der Waals surface area contributed by atoms with Gasteiger partial charge < -0.3 is 9.74 Å². The van der Waals surface area contributed by atoms with Crippen LogP contribution in [0.1, 0.15) is 45.4 Å². The van der Waals surface area contributed by atoms with E-state index in [9.17, 15) is 0 Å². The maximum absolute atomic E-state index is 8.77. The molecule has 1 saturated heterocycles. The van der Waals surface area contributed by atoms with Gasteiger partial charge in [0.15, 0.2) is 0 Å². The van der Waals surface area contributed by atoms with Crippen LogP contribution in [0.3, 0.4) is 0 Å². The first-order valence-electron chi connectivity index (χ1n) is 7.43. The summed E-state index contributed by atoms with van der Waals surface area (Å²) < 4.78 is 0. The number of nitrogens with zero attached hydrogens (tertiary/aromatic N) is 2. The molecule has 0 atom stereocenters. The molecule has 0 aromatic rings. The van der Waals surface area contributed by atoms with Crippen LogP contribution in [0, 0.1) is 11.3 Å². The van der Waals surface area contributed by atoms with E-state index in [0.29, 0.717) is 6.42 Å². The minimum atomic E-state index is 0.183. The van der Waals surface area contributed by atoms with E-state index in [1.165, 1.54) is 43.6 Å². The van der Waals surface area contributed by atoms with Gasteiger partial charge in [-0.25, -0.2) is 0 Å². The summed E-state index contributed by atoms with van der Waals surface area (Å²) in [5, 5.41) is 8.77. The first-order valence-corrected chi connectivity index (χ1v) is 7.43. The molecule has 0 amide bonds. The molecule has 20 heavy (non-hydrogen) atoms. The van der Waals surface area contributed by atoms with Crippen molar-refractivity contribution in [2.75, 3.05) is 13.1 Å². The number of hydrogen-bond acceptors (Lipinski definition) is 4. The number of hydrogen-bond donors (Lipinski definition) is 1. The van der Waals surface area contributed by atoms with E-state index < -0.39 is 0 Å². The Balaban J connectivity index is 2.19. The summed E-state index contributed by atoms with van der Waals surface area (Å²) in [4.78, 5) is 7.02. The Morgan fingerprint density at radius 3 is 2.80 bits per heavy atom. The second-order valence-corrected chi connectivity index (χ2v) is 5.26. The minimum absolute atomic E-state index is 0.183. The predicted molar refractivity (Wildman–Crippen MR) is 79.0 cm³/mol. The number of fused-ring (bicyclic) bond motifs is 1. The highest BCUT2D eigenvalue weighted by atomic mass is 16.6. The summed E-state index contributed by atoms with van der Waals surface area (Å²) in [5.41, 5.74) is 4.49. The average molecular weight is 273 g/mol. The molecule has 0 saturated carbocycles. The largest absolute Gasteiger partial charge is 0.401 e. The molecular formula is C16H23N3O. The molecule has 0 radical (unpaired) electrons. The lowest BCUT2D eigenvalue weighted by Crippen LogP contribution is -2.34. The summed E-state index contributed by atoms with van der Waals surface area (Å²) in [5.74, 6) is 5.21. The van der Waals surface area contributed by atoms with E-state index >= 15 is 0 Å². The van der Waals surface area contributed by atoms with E-state index in [0.717, 1.165) is 12.8 Å². The summed E-state index contributed by atoms with van der Waals surface area (Å²) in [6, 6.07) is 1.93. The Kier molecular flexibility index (Phi) is 5.25. The van der Waals surface area contributed by atoms with Crippen LogP contribution in [-0.2, 0) is 4.84 Å². The van der Waals surface area contributed by atoms with Crippen LogP contribution in [0.4, 0.5) is 0 Å².